The van der Waals surface area contributed by atoms with Crippen LogP contribution in [0.25, 0.3) is 0 Å². The molecule has 0 aliphatic heterocycles. The lowest BCUT2D eigenvalue weighted by Crippen LogP contribution is -2.72. The average molecular weight is 703 g/mol. The Morgan fingerprint density at radius 1 is 0.326 bits per heavy atom. The van der Waals surface area contributed by atoms with Crippen molar-refractivity contribution in [2.24, 2.45) is 0 Å². The second-order valence-corrected chi connectivity index (χ2v) is 11.6. The maximum absolute atomic E-state index is 14.4. The van der Waals surface area contributed by atoms with Gasteiger partial charge in [0.2, 0.25) is 0 Å². The molecule has 246 valence electrons. The van der Waals surface area contributed by atoms with Crippen molar-refractivity contribution in [1.82, 2.24) is 0 Å². The number of hydrogen-bond donors (Lipinski definition) is 0. The van der Waals surface area contributed by atoms with E-state index in [1.807, 2.05) is 0 Å². The van der Waals surface area contributed by atoms with E-state index in [4.69, 9.17) is 0 Å². The zero-order chi connectivity index (χ0) is 34.0. The van der Waals surface area contributed by atoms with E-state index in [1.54, 1.807) is 60.7 Å². The zero-order valence-corrected chi connectivity index (χ0v) is 24.2. The summed E-state index contributed by atoms with van der Waals surface area (Å²) < 4.78 is 179. The van der Waals surface area contributed by atoms with E-state index >= 15 is 0 Å². The van der Waals surface area contributed by atoms with Crippen LogP contribution in [-0.4, -0.2) is 35.9 Å². The molecule has 0 amide bonds. The van der Waals surface area contributed by atoms with Crippen LogP contribution in [-0.2, 0) is 0 Å². The average Bonchev–Trinajstić information content (AvgIpc) is 2.99. The summed E-state index contributed by atoms with van der Waals surface area (Å²) in [5, 5.41) is 0. The van der Waals surface area contributed by atoms with E-state index in [1.165, 1.54) is 0 Å². The summed E-state index contributed by atoms with van der Waals surface area (Å²) in [7, 11) is 0. The maximum Gasteiger partial charge on any atom is 0.471 e. The molecule has 0 aliphatic rings. The van der Waals surface area contributed by atoms with Crippen molar-refractivity contribution < 1.29 is 62.2 Å². The van der Waals surface area contributed by atoms with Crippen LogP contribution in [0.5, 0.6) is 11.5 Å². The fourth-order valence-electron chi connectivity index (χ4n) is 3.58. The van der Waals surface area contributed by atoms with Crippen molar-refractivity contribution in [2.45, 2.75) is 55.5 Å². The van der Waals surface area contributed by atoms with Gasteiger partial charge in [-0.2, -0.15) is 52.7 Å². The first kappa shape index (κ1) is 35.2. The minimum absolute atomic E-state index is 0.317. The van der Waals surface area contributed by atoms with Gasteiger partial charge in [-0.1, -0.05) is 59.9 Å². The van der Waals surface area contributed by atoms with Crippen LogP contribution in [0.4, 0.5) is 52.7 Å². The summed E-state index contributed by atoms with van der Waals surface area (Å²) in [6.45, 7) is 0. The highest BCUT2D eigenvalue weighted by molar-refractivity contribution is 7.99. The van der Waals surface area contributed by atoms with Crippen LogP contribution in [0.3, 0.4) is 0 Å². The van der Waals surface area contributed by atoms with Crippen LogP contribution in [0.2, 0.25) is 0 Å². The number of alkyl halides is 12. The van der Waals surface area contributed by atoms with Gasteiger partial charge in [-0.25, -0.2) is 0 Å². The van der Waals surface area contributed by atoms with Crippen molar-refractivity contribution >= 4 is 23.5 Å². The van der Waals surface area contributed by atoms with Gasteiger partial charge in [-0.3, -0.25) is 0 Å². The summed E-state index contributed by atoms with van der Waals surface area (Å²) in [6.07, 6.45) is -13.2. The van der Waals surface area contributed by atoms with Crippen LogP contribution in [0.15, 0.2) is 129 Å². The van der Waals surface area contributed by atoms with Gasteiger partial charge < -0.3 is 9.47 Å². The molecule has 2 nitrogen and oxygen atoms in total. The molecule has 4 aromatic rings. The van der Waals surface area contributed by atoms with Gasteiger partial charge in [0.25, 0.3) is 0 Å². The van der Waals surface area contributed by atoms with Crippen molar-refractivity contribution in [2.75, 3.05) is 0 Å². The summed E-state index contributed by atoms with van der Waals surface area (Å²) in [6, 6.07) is 23.1. The van der Waals surface area contributed by atoms with Gasteiger partial charge in [0, 0.05) is 19.6 Å². The number of ether oxygens (including phenoxy) is 2. The molecule has 0 fully saturated rings. The molecule has 0 heterocycles. The van der Waals surface area contributed by atoms with Gasteiger partial charge in [0.15, 0.2) is 0 Å². The van der Waals surface area contributed by atoms with Gasteiger partial charge >= 0.3 is 35.9 Å². The SMILES string of the molecule is FC(F)(Oc1ccc(Sc2ccccc2)cc1)C(F)(F)C(F)(F)C(F)(F)C(F)(F)C(F)(F)Oc1ccc(Sc2ccccc2)cc1. The Morgan fingerprint density at radius 3 is 0.870 bits per heavy atom. The van der Waals surface area contributed by atoms with E-state index in [-0.39, 0.29) is 0 Å². The van der Waals surface area contributed by atoms with Crippen LogP contribution in [0, 0.1) is 0 Å². The molecule has 0 saturated heterocycles. The third-order valence-electron chi connectivity index (χ3n) is 6.01. The number of benzene rings is 4. The van der Waals surface area contributed by atoms with E-state index < -0.39 is 47.4 Å². The molecule has 0 aromatic heterocycles. The van der Waals surface area contributed by atoms with E-state index in [0.29, 0.717) is 43.8 Å². The first-order chi connectivity index (χ1) is 21.3. The molecule has 4 aromatic carbocycles. The van der Waals surface area contributed by atoms with Crippen LogP contribution < -0.4 is 9.47 Å². The molecular formula is C30H18F12O2S2. The van der Waals surface area contributed by atoms with Gasteiger partial charge in [0.1, 0.15) is 11.5 Å². The summed E-state index contributed by atoms with van der Waals surface area (Å²) >= 11 is 2.11. The highest BCUT2D eigenvalue weighted by Gasteiger charge is 2.92. The molecule has 0 aliphatic carbocycles. The molecular weight excluding hydrogens is 684 g/mol. The zero-order valence-electron chi connectivity index (χ0n) is 22.6. The smallest absolute Gasteiger partial charge is 0.428 e. The monoisotopic (exact) mass is 702 g/mol. The lowest BCUT2D eigenvalue weighted by Gasteiger charge is -2.40. The molecule has 46 heavy (non-hydrogen) atoms. The quantitative estimate of drug-likeness (QED) is 0.129. The molecule has 0 unspecified atom stereocenters. The number of hydrogen-bond acceptors (Lipinski definition) is 4. The van der Waals surface area contributed by atoms with Crippen molar-refractivity contribution in [3.8, 4) is 11.5 Å². The first-order valence-corrected chi connectivity index (χ1v) is 14.2. The summed E-state index contributed by atoms with van der Waals surface area (Å²) in [4.78, 5) is 1.93. The molecule has 0 atom stereocenters. The Hall–Kier alpha value is -3.66. The Kier molecular flexibility index (Phi) is 9.84. The molecule has 0 bridgehead atoms. The molecule has 0 radical (unpaired) electrons. The maximum atomic E-state index is 14.4. The molecule has 0 N–H and O–H groups in total. The van der Waals surface area contributed by atoms with Crippen molar-refractivity contribution in [1.29, 1.82) is 0 Å². The predicted molar refractivity (Wildman–Crippen MR) is 145 cm³/mol. The highest BCUT2D eigenvalue weighted by atomic mass is 32.2. The molecule has 4 rings (SSSR count). The Balaban J connectivity index is 1.50. The third kappa shape index (κ3) is 6.87. The first-order valence-electron chi connectivity index (χ1n) is 12.6. The van der Waals surface area contributed by atoms with Crippen LogP contribution in [0.1, 0.15) is 0 Å². The van der Waals surface area contributed by atoms with E-state index in [9.17, 15) is 52.7 Å². The summed E-state index contributed by atoms with van der Waals surface area (Å²) in [5.41, 5.74) is 0. The van der Waals surface area contributed by atoms with E-state index in [0.717, 1.165) is 47.8 Å². The molecule has 16 heteroatoms. The van der Waals surface area contributed by atoms with Gasteiger partial charge in [-0.15, -0.1) is 0 Å². The minimum atomic E-state index is -7.82. The second-order valence-electron chi connectivity index (χ2n) is 9.31. The highest BCUT2D eigenvalue weighted by Crippen LogP contribution is 2.60. The third-order valence-corrected chi connectivity index (χ3v) is 8.04. The van der Waals surface area contributed by atoms with Gasteiger partial charge in [-0.05, 0) is 72.8 Å². The fraction of sp³-hybridized carbons (Fsp3) is 0.200. The second kappa shape index (κ2) is 12.9. The number of halogens is 12. The van der Waals surface area contributed by atoms with Crippen molar-refractivity contribution in [3.05, 3.63) is 109 Å². The standard InChI is InChI=1S/C30H18F12O2S2/c31-25(32,27(35,36)29(39,40)43-19-11-15-23(16-12-19)45-21-7-3-1-4-8-21)26(33,34)28(37,38)30(41,42)44-20-13-17-24(18-14-20)46-22-9-5-2-6-10-22/h1-18H. The summed E-state index contributed by atoms with van der Waals surface area (Å²) in [5.74, 6) is -33.1. The topological polar surface area (TPSA) is 18.5 Å². The lowest BCUT2D eigenvalue weighted by molar-refractivity contribution is -0.461. The Bertz CT molecular complexity index is 1470. The minimum Gasteiger partial charge on any atom is -0.428 e. The largest absolute Gasteiger partial charge is 0.471 e. The molecule has 0 saturated carbocycles. The normalized spacial score (nSPS) is 13.4. The Morgan fingerprint density at radius 2 is 0.587 bits per heavy atom. The van der Waals surface area contributed by atoms with E-state index in [2.05, 4.69) is 9.47 Å². The predicted octanol–water partition coefficient (Wildman–Crippen LogP) is 11.2. The Labute approximate surface area is 261 Å². The fourth-order valence-corrected chi connectivity index (χ4v) is 5.26. The van der Waals surface area contributed by atoms with Crippen molar-refractivity contribution in [3.63, 3.8) is 0 Å². The van der Waals surface area contributed by atoms with Gasteiger partial charge in [0.05, 0.1) is 0 Å². The molecule has 0 spiro atoms. The number of rotatable bonds is 13. The lowest BCUT2D eigenvalue weighted by atomic mass is 9.97. The van der Waals surface area contributed by atoms with Crippen LogP contribution >= 0.6 is 23.5 Å².